The van der Waals surface area contributed by atoms with Crippen LogP contribution in [0.4, 0.5) is 0 Å². The summed E-state index contributed by atoms with van der Waals surface area (Å²) in [6, 6.07) is 9.19. The normalized spacial score (nSPS) is 16.6. The average Bonchev–Trinajstić information content (AvgIpc) is 3.11. The number of esters is 1. The van der Waals surface area contributed by atoms with Crippen molar-refractivity contribution in [2.24, 2.45) is 0 Å². The second kappa shape index (κ2) is 9.93. The summed E-state index contributed by atoms with van der Waals surface area (Å²) in [4.78, 5) is 25.7. The third-order valence-corrected chi connectivity index (χ3v) is 3.80. The lowest BCUT2D eigenvalue weighted by Gasteiger charge is -2.25. The van der Waals surface area contributed by atoms with Crippen molar-refractivity contribution in [3.63, 3.8) is 0 Å². The summed E-state index contributed by atoms with van der Waals surface area (Å²) < 4.78 is 16.1. The van der Waals surface area contributed by atoms with Crippen LogP contribution in [-0.4, -0.2) is 55.8 Å². The molecule has 6 nitrogen and oxygen atoms in total. The van der Waals surface area contributed by atoms with Crippen LogP contribution in [0.15, 0.2) is 30.3 Å². The lowest BCUT2D eigenvalue weighted by molar-refractivity contribution is -0.144. The van der Waals surface area contributed by atoms with Crippen molar-refractivity contribution >= 4 is 11.9 Å². The van der Waals surface area contributed by atoms with Gasteiger partial charge in [-0.2, -0.15) is 0 Å². The molecule has 1 aliphatic rings. The van der Waals surface area contributed by atoms with Crippen molar-refractivity contribution in [1.29, 1.82) is 0 Å². The second-order valence-electron chi connectivity index (χ2n) is 5.63. The van der Waals surface area contributed by atoms with Crippen molar-refractivity contribution in [3.05, 3.63) is 30.3 Å². The predicted octanol–water partition coefficient (Wildman–Crippen LogP) is 2.03. The third kappa shape index (κ3) is 6.20. The zero-order valence-electron chi connectivity index (χ0n) is 14.1. The molecule has 6 heteroatoms. The Morgan fingerprint density at radius 1 is 1.29 bits per heavy atom. The van der Waals surface area contributed by atoms with Crippen LogP contribution in [0.5, 0.6) is 5.75 Å². The molecule has 132 valence electrons. The first-order chi connectivity index (χ1) is 11.7. The number of amides is 1. The summed E-state index contributed by atoms with van der Waals surface area (Å²) in [7, 11) is 0. The van der Waals surface area contributed by atoms with Gasteiger partial charge in [-0.05, 0) is 31.9 Å². The molecule has 0 spiro atoms. The van der Waals surface area contributed by atoms with Gasteiger partial charge in [0, 0.05) is 19.7 Å². The fourth-order valence-electron chi connectivity index (χ4n) is 2.56. The molecule has 0 saturated carbocycles. The molecule has 24 heavy (non-hydrogen) atoms. The van der Waals surface area contributed by atoms with E-state index in [4.69, 9.17) is 14.2 Å². The van der Waals surface area contributed by atoms with Crippen LogP contribution in [0.2, 0.25) is 0 Å². The number of benzene rings is 1. The Balaban J connectivity index is 1.87. The molecule has 0 radical (unpaired) electrons. The molecule has 0 aromatic heterocycles. The highest BCUT2D eigenvalue weighted by molar-refractivity contribution is 5.78. The topological polar surface area (TPSA) is 65.1 Å². The molecule has 1 saturated heterocycles. The highest BCUT2D eigenvalue weighted by atomic mass is 16.5. The Labute approximate surface area is 142 Å². The van der Waals surface area contributed by atoms with E-state index in [1.165, 1.54) is 0 Å². The van der Waals surface area contributed by atoms with Crippen molar-refractivity contribution in [2.75, 3.05) is 32.9 Å². The van der Waals surface area contributed by atoms with E-state index in [0.29, 0.717) is 25.4 Å². The van der Waals surface area contributed by atoms with Crippen LogP contribution in [0, 0.1) is 0 Å². The van der Waals surface area contributed by atoms with E-state index in [-0.39, 0.29) is 31.0 Å². The van der Waals surface area contributed by atoms with E-state index in [1.807, 2.05) is 18.2 Å². The number of nitrogens with zero attached hydrogens (tertiary/aromatic N) is 1. The van der Waals surface area contributed by atoms with Gasteiger partial charge < -0.3 is 19.1 Å². The summed E-state index contributed by atoms with van der Waals surface area (Å²) in [5.74, 6) is 0.193. The maximum absolute atomic E-state index is 12.5. The largest absolute Gasteiger partial charge is 0.484 e. The number of rotatable bonds is 9. The molecule has 2 rings (SSSR count). The Morgan fingerprint density at radius 3 is 2.75 bits per heavy atom. The molecule has 0 N–H and O–H groups in total. The van der Waals surface area contributed by atoms with Gasteiger partial charge in [-0.15, -0.1) is 0 Å². The highest BCUT2D eigenvalue weighted by Crippen LogP contribution is 2.14. The molecule has 1 amide bonds. The molecular formula is C18H25NO5. The Bertz CT molecular complexity index is 513. The molecule has 1 unspecified atom stereocenters. The van der Waals surface area contributed by atoms with Crippen LogP contribution in [0.25, 0.3) is 0 Å². The van der Waals surface area contributed by atoms with E-state index in [2.05, 4.69) is 0 Å². The van der Waals surface area contributed by atoms with Crippen LogP contribution in [0.3, 0.4) is 0 Å². The number of hydrogen-bond acceptors (Lipinski definition) is 5. The molecule has 0 bridgehead atoms. The summed E-state index contributed by atoms with van der Waals surface area (Å²) in [6.07, 6.45) is 2.15. The van der Waals surface area contributed by atoms with Gasteiger partial charge in [-0.3, -0.25) is 9.59 Å². The van der Waals surface area contributed by atoms with Crippen molar-refractivity contribution < 1.29 is 23.8 Å². The monoisotopic (exact) mass is 335 g/mol. The van der Waals surface area contributed by atoms with Gasteiger partial charge in [-0.1, -0.05) is 18.2 Å². The molecule has 1 aromatic rings. The lowest BCUT2D eigenvalue weighted by atomic mass is 10.2. The van der Waals surface area contributed by atoms with Crippen LogP contribution >= 0.6 is 0 Å². The number of para-hydroxylation sites is 1. The molecule has 1 heterocycles. The Morgan fingerprint density at radius 2 is 2.08 bits per heavy atom. The second-order valence-corrected chi connectivity index (χ2v) is 5.63. The molecular weight excluding hydrogens is 310 g/mol. The first kappa shape index (κ1) is 18.3. The van der Waals surface area contributed by atoms with E-state index >= 15 is 0 Å². The fourth-order valence-corrected chi connectivity index (χ4v) is 2.56. The van der Waals surface area contributed by atoms with Gasteiger partial charge in [0.2, 0.25) is 0 Å². The summed E-state index contributed by atoms with van der Waals surface area (Å²) in [5, 5.41) is 0. The summed E-state index contributed by atoms with van der Waals surface area (Å²) >= 11 is 0. The smallest absolute Gasteiger partial charge is 0.307 e. The predicted molar refractivity (Wildman–Crippen MR) is 88.7 cm³/mol. The highest BCUT2D eigenvalue weighted by Gasteiger charge is 2.23. The first-order valence-electron chi connectivity index (χ1n) is 8.42. The van der Waals surface area contributed by atoms with Gasteiger partial charge >= 0.3 is 5.97 Å². The lowest BCUT2D eigenvalue weighted by Crippen LogP contribution is -2.41. The molecule has 1 fully saturated rings. The van der Waals surface area contributed by atoms with Gasteiger partial charge in [0.05, 0.1) is 19.1 Å². The Hall–Kier alpha value is -2.08. The minimum Gasteiger partial charge on any atom is -0.484 e. The maximum atomic E-state index is 12.5. The van der Waals surface area contributed by atoms with Crippen molar-refractivity contribution in [3.8, 4) is 5.75 Å². The first-order valence-corrected chi connectivity index (χ1v) is 8.42. The fraction of sp³-hybridized carbons (Fsp3) is 0.556. The molecule has 0 aliphatic carbocycles. The van der Waals surface area contributed by atoms with Crippen LogP contribution in [0.1, 0.15) is 26.2 Å². The zero-order valence-corrected chi connectivity index (χ0v) is 14.1. The summed E-state index contributed by atoms with van der Waals surface area (Å²) in [6.45, 7) is 3.58. The minimum absolute atomic E-state index is 0.0351. The third-order valence-electron chi connectivity index (χ3n) is 3.80. The number of carbonyl (C=O) groups excluding carboxylic acids is 2. The number of hydrogen-bond donors (Lipinski definition) is 0. The van der Waals surface area contributed by atoms with Gasteiger partial charge in [-0.25, -0.2) is 0 Å². The molecule has 1 aromatic carbocycles. The van der Waals surface area contributed by atoms with E-state index in [9.17, 15) is 9.59 Å². The maximum Gasteiger partial charge on any atom is 0.307 e. The SMILES string of the molecule is CCOC(=O)CCN(CC1CCCO1)C(=O)COc1ccccc1. The van der Waals surface area contributed by atoms with Crippen molar-refractivity contribution in [1.82, 2.24) is 4.90 Å². The standard InChI is InChI=1S/C18H25NO5/c1-2-22-18(21)10-11-19(13-16-9-6-12-23-16)17(20)14-24-15-7-4-3-5-8-15/h3-5,7-8,16H,2,6,9-14H2,1H3. The van der Waals surface area contributed by atoms with Crippen LogP contribution in [-0.2, 0) is 19.1 Å². The zero-order chi connectivity index (χ0) is 17.2. The molecule has 1 atom stereocenters. The van der Waals surface area contributed by atoms with Gasteiger partial charge in [0.1, 0.15) is 5.75 Å². The molecule has 1 aliphatic heterocycles. The van der Waals surface area contributed by atoms with Gasteiger partial charge in [0.15, 0.2) is 6.61 Å². The average molecular weight is 335 g/mol. The number of ether oxygens (including phenoxy) is 3. The van der Waals surface area contributed by atoms with E-state index in [1.54, 1.807) is 24.0 Å². The number of carbonyl (C=O) groups is 2. The van der Waals surface area contributed by atoms with E-state index in [0.717, 1.165) is 19.4 Å². The Kier molecular flexibility index (Phi) is 7.55. The minimum atomic E-state index is -0.299. The van der Waals surface area contributed by atoms with E-state index < -0.39 is 0 Å². The van der Waals surface area contributed by atoms with Gasteiger partial charge in [0.25, 0.3) is 5.91 Å². The quantitative estimate of drug-likeness (QED) is 0.646. The summed E-state index contributed by atoms with van der Waals surface area (Å²) in [5.41, 5.74) is 0. The van der Waals surface area contributed by atoms with Crippen LogP contribution < -0.4 is 4.74 Å². The van der Waals surface area contributed by atoms with Crippen molar-refractivity contribution in [2.45, 2.75) is 32.3 Å².